The van der Waals surface area contributed by atoms with Crippen molar-refractivity contribution in [1.29, 1.82) is 0 Å². The molecule has 0 fully saturated rings. The van der Waals surface area contributed by atoms with E-state index in [4.69, 9.17) is 9.47 Å². The maximum Gasteiger partial charge on any atom is 0.337 e. The third-order valence-electron chi connectivity index (χ3n) is 4.92. The molecule has 2 aromatic rings. The van der Waals surface area contributed by atoms with Gasteiger partial charge in [-0.15, -0.1) is 0 Å². The summed E-state index contributed by atoms with van der Waals surface area (Å²) in [6, 6.07) is 13.3. The number of carbonyl (C=O) groups is 2. The Balaban J connectivity index is 1.51. The molecule has 6 heteroatoms. The first-order chi connectivity index (χ1) is 15.6. The second kappa shape index (κ2) is 9.66. The molecule has 0 unspecified atom stereocenters. The molecule has 6 nitrogen and oxygen atoms in total. The largest absolute Gasteiger partial charge is 0.478 e. The Kier molecular flexibility index (Phi) is 6.32. The standard InChI is InChI=1S/C26H21NO5/c28-25(20-9-5-2-6-10-20)27-23-15-18(12-14-22(23)26(29)30)11-13-21-16-31-17-24(32-21)19-7-3-1-4-8-19/h1-3,5-7,9-17H,4,8H2,(H,27,28)(H,29,30). The Morgan fingerprint density at radius 1 is 1.03 bits per heavy atom. The highest BCUT2D eigenvalue weighted by Crippen LogP contribution is 2.27. The number of ether oxygens (including phenoxy) is 2. The van der Waals surface area contributed by atoms with Crippen LogP contribution in [0.5, 0.6) is 0 Å². The number of aromatic carboxylic acids is 1. The van der Waals surface area contributed by atoms with Gasteiger partial charge >= 0.3 is 5.97 Å². The first-order valence-corrected chi connectivity index (χ1v) is 10.1. The summed E-state index contributed by atoms with van der Waals surface area (Å²) in [6.07, 6.45) is 14.5. The monoisotopic (exact) mass is 427 g/mol. The van der Waals surface area contributed by atoms with Gasteiger partial charge < -0.3 is 19.9 Å². The molecule has 4 rings (SSSR count). The minimum atomic E-state index is -1.12. The lowest BCUT2D eigenvalue weighted by atomic mass is 10.0. The second-order valence-electron chi connectivity index (χ2n) is 7.16. The fraction of sp³-hybridized carbons (Fsp3) is 0.0769. The van der Waals surface area contributed by atoms with Crippen molar-refractivity contribution in [3.05, 3.63) is 119 Å². The van der Waals surface area contributed by atoms with E-state index >= 15 is 0 Å². The topological polar surface area (TPSA) is 84.9 Å². The van der Waals surface area contributed by atoms with Crippen molar-refractivity contribution in [2.24, 2.45) is 0 Å². The van der Waals surface area contributed by atoms with Crippen LogP contribution < -0.4 is 5.32 Å². The molecule has 2 aliphatic rings. The maximum absolute atomic E-state index is 12.5. The van der Waals surface area contributed by atoms with Gasteiger partial charge in [-0.3, -0.25) is 4.79 Å². The number of amides is 1. The molecule has 0 bridgehead atoms. The normalized spacial score (nSPS) is 15.2. The van der Waals surface area contributed by atoms with Crippen molar-refractivity contribution in [1.82, 2.24) is 0 Å². The highest BCUT2D eigenvalue weighted by Gasteiger charge is 2.15. The van der Waals surface area contributed by atoms with Crippen molar-refractivity contribution < 1.29 is 24.2 Å². The van der Waals surface area contributed by atoms with E-state index in [1.807, 2.05) is 12.2 Å². The van der Waals surface area contributed by atoms with Crippen LogP contribution in [0.2, 0.25) is 0 Å². The third kappa shape index (κ3) is 5.05. The van der Waals surface area contributed by atoms with Crippen molar-refractivity contribution in [3.8, 4) is 0 Å². The van der Waals surface area contributed by atoms with Crippen molar-refractivity contribution in [3.63, 3.8) is 0 Å². The first-order valence-electron chi connectivity index (χ1n) is 10.1. The fourth-order valence-corrected chi connectivity index (χ4v) is 3.28. The van der Waals surface area contributed by atoms with E-state index in [9.17, 15) is 14.7 Å². The van der Waals surface area contributed by atoms with Crippen molar-refractivity contribution in [2.75, 3.05) is 5.32 Å². The molecule has 1 heterocycles. The third-order valence-corrected chi connectivity index (χ3v) is 4.92. The number of anilines is 1. The van der Waals surface area contributed by atoms with Crippen LogP contribution in [0, 0.1) is 0 Å². The van der Waals surface area contributed by atoms with Gasteiger partial charge in [-0.25, -0.2) is 4.79 Å². The number of nitrogens with one attached hydrogen (secondary N) is 1. The van der Waals surface area contributed by atoms with Gasteiger partial charge in [0.1, 0.15) is 12.5 Å². The summed E-state index contributed by atoms with van der Waals surface area (Å²) in [5, 5.41) is 12.2. The minimum absolute atomic E-state index is 0.00501. The number of benzene rings is 2. The van der Waals surface area contributed by atoms with E-state index in [1.54, 1.807) is 60.9 Å². The van der Waals surface area contributed by atoms with Crippen molar-refractivity contribution in [2.45, 2.75) is 12.8 Å². The zero-order valence-electron chi connectivity index (χ0n) is 17.2. The summed E-state index contributed by atoms with van der Waals surface area (Å²) in [7, 11) is 0. The van der Waals surface area contributed by atoms with Gasteiger partial charge in [0, 0.05) is 5.56 Å². The summed E-state index contributed by atoms with van der Waals surface area (Å²) in [4.78, 5) is 24.1. The van der Waals surface area contributed by atoms with Gasteiger partial charge in [0.25, 0.3) is 5.91 Å². The van der Waals surface area contributed by atoms with Gasteiger partial charge in [-0.2, -0.15) is 0 Å². The molecule has 0 aromatic heterocycles. The van der Waals surface area contributed by atoms with Crippen LogP contribution in [-0.2, 0) is 9.47 Å². The molecule has 1 amide bonds. The summed E-state index contributed by atoms with van der Waals surface area (Å²) in [6.45, 7) is 0. The summed E-state index contributed by atoms with van der Waals surface area (Å²) >= 11 is 0. The molecule has 0 saturated heterocycles. The predicted molar refractivity (Wildman–Crippen MR) is 122 cm³/mol. The molecule has 32 heavy (non-hydrogen) atoms. The number of carboxylic acids is 1. The van der Waals surface area contributed by atoms with Crippen LogP contribution in [0.3, 0.4) is 0 Å². The van der Waals surface area contributed by atoms with Crippen LogP contribution in [0.25, 0.3) is 6.08 Å². The fourth-order valence-electron chi connectivity index (χ4n) is 3.28. The van der Waals surface area contributed by atoms with E-state index in [0.29, 0.717) is 22.6 Å². The molecule has 0 spiro atoms. The first kappa shape index (κ1) is 20.9. The number of hydrogen-bond acceptors (Lipinski definition) is 4. The van der Waals surface area contributed by atoms with Crippen LogP contribution in [-0.4, -0.2) is 17.0 Å². The Morgan fingerprint density at radius 2 is 1.88 bits per heavy atom. The number of carboxylic acid groups (broad SMARTS) is 1. The molecule has 1 aliphatic heterocycles. The number of allylic oxidation sites excluding steroid dienone is 5. The summed E-state index contributed by atoms with van der Waals surface area (Å²) in [5.41, 5.74) is 2.41. The molecular weight excluding hydrogens is 406 g/mol. The van der Waals surface area contributed by atoms with Crippen LogP contribution in [0.1, 0.15) is 39.1 Å². The van der Waals surface area contributed by atoms with Gasteiger partial charge in [0.15, 0.2) is 11.5 Å². The smallest absolute Gasteiger partial charge is 0.337 e. The molecule has 0 radical (unpaired) electrons. The Bertz CT molecular complexity index is 1190. The molecular formula is C26H21NO5. The van der Waals surface area contributed by atoms with Crippen LogP contribution >= 0.6 is 0 Å². The highest BCUT2D eigenvalue weighted by molar-refractivity contribution is 6.07. The molecule has 0 atom stereocenters. The molecule has 2 aromatic carbocycles. The summed E-state index contributed by atoms with van der Waals surface area (Å²) < 4.78 is 11.3. The Hall–Kier alpha value is -4.32. The number of carbonyl (C=O) groups excluding carboxylic acids is 1. The van der Waals surface area contributed by atoms with Gasteiger partial charge in [-0.1, -0.05) is 48.6 Å². The summed E-state index contributed by atoms with van der Waals surface area (Å²) in [5.74, 6) is -0.339. The lowest BCUT2D eigenvalue weighted by Crippen LogP contribution is -2.14. The average Bonchev–Trinajstić information content (AvgIpc) is 2.84. The Labute approximate surface area is 185 Å². The lowest BCUT2D eigenvalue weighted by Gasteiger charge is -2.17. The van der Waals surface area contributed by atoms with Gasteiger partial charge in [0.2, 0.25) is 0 Å². The predicted octanol–water partition coefficient (Wildman–Crippen LogP) is 5.66. The quantitative estimate of drug-likeness (QED) is 0.622. The molecule has 2 N–H and O–H groups in total. The molecule has 160 valence electrons. The van der Waals surface area contributed by atoms with E-state index in [1.165, 1.54) is 12.3 Å². The Morgan fingerprint density at radius 3 is 2.62 bits per heavy atom. The van der Waals surface area contributed by atoms with E-state index in [0.717, 1.165) is 18.4 Å². The number of hydrogen-bond donors (Lipinski definition) is 2. The molecule has 1 aliphatic carbocycles. The highest BCUT2D eigenvalue weighted by atomic mass is 16.5. The zero-order chi connectivity index (χ0) is 22.3. The van der Waals surface area contributed by atoms with Gasteiger partial charge in [0.05, 0.1) is 11.3 Å². The van der Waals surface area contributed by atoms with Crippen molar-refractivity contribution >= 4 is 23.6 Å². The second-order valence-corrected chi connectivity index (χ2v) is 7.16. The minimum Gasteiger partial charge on any atom is -0.478 e. The lowest BCUT2D eigenvalue weighted by molar-refractivity contribution is 0.0698. The zero-order valence-corrected chi connectivity index (χ0v) is 17.2. The SMILES string of the molecule is O=C(Nc1cc(C=CC2=COC=C(C3=CC=CCC3)O2)ccc1C(=O)O)c1ccccc1. The van der Waals surface area contributed by atoms with Crippen LogP contribution in [0.15, 0.2) is 102 Å². The van der Waals surface area contributed by atoms with Crippen LogP contribution in [0.4, 0.5) is 5.69 Å². The van der Waals surface area contributed by atoms with E-state index < -0.39 is 5.97 Å². The maximum atomic E-state index is 12.5. The van der Waals surface area contributed by atoms with E-state index in [2.05, 4.69) is 11.4 Å². The average molecular weight is 427 g/mol. The van der Waals surface area contributed by atoms with E-state index in [-0.39, 0.29) is 17.2 Å². The number of rotatable bonds is 6. The van der Waals surface area contributed by atoms with Gasteiger partial charge in [-0.05, 0) is 54.3 Å². The molecule has 0 saturated carbocycles.